The molecule has 0 bridgehead atoms. The highest BCUT2D eigenvalue weighted by atomic mass is 15.1. The van der Waals surface area contributed by atoms with E-state index in [9.17, 15) is 0 Å². The molecule has 0 radical (unpaired) electrons. The normalized spacial score (nSPS) is 14.1. The van der Waals surface area contributed by atoms with Gasteiger partial charge in [-0.05, 0) is 244 Å². The third kappa shape index (κ3) is 11.3. The molecule has 0 amide bonds. The Morgan fingerprint density at radius 1 is 0.179 bits per heavy atom. The fourth-order valence-corrected chi connectivity index (χ4v) is 24.0. The van der Waals surface area contributed by atoms with E-state index < -0.39 is 16.2 Å². The van der Waals surface area contributed by atoms with Gasteiger partial charge in [0.2, 0.25) is 0 Å². The second-order valence-electron chi connectivity index (χ2n) is 36.1. The number of para-hydroxylation sites is 7. The third-order valence-electron chi connectivity index (χ3n) is 29.4. The van der Waals surface area contributed by atoms with Gasteiger partial charge in [0, 0.05) is 72.1 Å². The molecule has 1 unspecified atom stereocenters. The highest BCUT2D eigenvalue weighted by Crippen LogP contribution is 2.64. The van der Waals surface area contributed by atoms with Crippen molar-refractivity contribution >= 4 is 93.9 Å². The molecule has 4 aliphatic rings. The first-order chi connectivity index (χ1) is 66.5. The maximum absolute atomic E-state index is 3.75. The van der Waals surface area contributed by atoms with Crippen LogP contribution < -0.4 is 10.2 Å². The summed E-state index contributed by atoms with van der Waals surface area (Å²) in [6, 6.07) is 189. The molecule has 626 valence electrons. The first-order valence-electron chi connectivity index (χ1n) is 46.5. The number of anilines is 5. The van der Waals surface area contributed by atoms with Crippen LogP contribution in [0, 0.1) is 0 Å². The number of aromatic nitrogens is 3. The number of hydrogen-bond donors (Lipinski definition) is 1. The Morgan fingerprint density at radius 3 is 0.948 bits per heavy atom. The first-order valence-corrected chi connectivity index (χ1v) is 46.5. The lowest BCUT2D eigenvalue weighted by atomic mass is 9.65. The van der Waals surface area contributed by atoms with Crippen LogP contribution in [0.25, 0.3) is 138 Å². The average Bonchev–Trinajstić information content (AvgIpc) is 1.49. The lowest BCUT2D eigenvalue weighted by molar-refractivity contribution is 0.748. The highest BCUT2D eigenvalue weighted by molar-refractivity contribution is 6.14. The largest absolute Gasteiger partial charge is 0.356 e. The Kier molecular flexibility index (Phi) is 17.4. The Labute approximate surface area is 777 Å². The van der Waals surface area contributed by atoms with E-state index in [1.165, 1.54) is 182 Å². The summed E-state index contributed by atoms with van der Waals surface area (Å²) in [6.45, 7) is 0. The second-order valence-corrected chi connectivity index (χ2v) is 36.1. The smallest absolute Gasteiger partial charge is 0.0755 e. The van der Waals surface area contributed by atoms with Crippen LogP contribution >= 0.6 is 0 Å². The van der Waals surface area contributed by atoms with E-state index in [2.05, 4.69) is 533 Å². The van der Waals surface area contributed by atoms with Gasteiger partial charge in [0.05, 0.1) is 55.0 Å². The standard InChI is InChI=1S/C80H51N3.C49H34N2/c1-3-22-54(23-4-1)79(55-24-5-2-6-25-55)68-33-12-7-27-60(68)62-47-45-58(50-72(62)79)81(56-43-41-52(42-44-56)53-21-19-26-57(49-53)82-74-37-15-9-29-64(74)65-30-10-16-38-75(65)82)59-46-48-63-61-28-8-13-34-69(61)80(73(63)51-59)70-35-14-18-40-77(70)83-76-39-17-11-31-66(76)67-32-20-36-71(80)78(67)83;1-3-15-36(16-4-1)49(37-17-5-2-6-18-37)45-23-10-7-20-41(45)42-31-30-39(33-46(42)49)50-38-28-26-34(27-29-38)35-14-13-19-40(32-35)51-47-24-11-8-21-43(47)44-22-9-12-25-48(44)51/h1-51H;1-33,50H. The Morgan fingerprint density at radius 2 is 0.493 bits per heavy atom. The molecule has 3 aromatic heterocycles. The summed E-state index contributed by atoms with van der Waals surface area (Å²) >= 11 is 0. The van der Waals surface area contributed by atoms with Gasteiger partial charge in [0.25, 0.3) is 0 Å². The van der Waals surface area contributed by atoms with E-state index in [4.69, 9.17) is 0 Å². The van der Waals surface area contributed by atoms with Gasteiger partial charge >= 0.3 is 0 Å². The van der Waals surface area contributed by atoms with E-state index in [1.54, 1.807) is 0 Å². The van der Waals surface area contributed by atoms with Gasteiger partial charge in [-0.15, -0.1) is 0 Å². The summed E-state index contributed by atoms with van der Waals surface area (Å²) in [5, 5.41) is 11.4. The van der Waals surface area contributed by atoms with Gasteiger partial charge < -0.3 is 23.9 Å². The number of rotatable bonds is 13. The average molecular weight is 1710 g/mol. The molecule has 0 saturated carbocycles. The molecule has 134 heavy (non-hydrogen) atoms. The summed E-state index contributed by atoms with van der Waals surface area (Å²) in [5.74, 6) is 0. The summed E-state index contributed by atoms with van der Waals surface area (Å²) in [5.41, 5.74) is 42.3. The molecule has 4 heterocycles. The van der Waals surface area contributed by atoms with Crippen LogP contribution in [0.5, 0.6) is 0 Å². The molecule has 0 fully saturated rings. The topological polar surface area (TPSA) is 30.1 Å². The van der Waals surface area contributed by atoms with Gasteiger partial charge in [0.15, 0.2) is 0 Å². The van der Waals surface area contributed by atoms with E-state index in [-0.39, 0.29) is 0 Å². The van der Waals surface area contributed by atoms with Crippen LogP contribution in [0.1, 0.15) is 66.8 Å². The fraction of sp³-hybridized carbons (Fsp3) is 0.0233. The van der Waals surface area contributed by atoms with Gasteiger partial charge in [0.1, 0.15) is 0 Å². The number of fused-ring (bicyclic) bond motifs is 24. The van der Waals surface area contributed by atoms with Crippen molar-refractivity contribution in [3.63, 3.8) is 0 Å². The highest BCUT2D eigenvalue weighted by Gasteiger charge is 2.53. The molecule has 5 heteroatoms. The third-order valence-corrected chi connectivity index (χ3v) is 29.4. The quantitative estimate of drug-likeness (QED) is 0.125. The lowest BCUT2D eigenvalue weighted by Gasteiger charge is -2.40. The minimum Gasteiger partial charge on any atom is -0.356 e. The van der Waals surface area contributed by atoms with Gasteiger partial charge in [-0.2, -0.15) is 0 Å². The van der Waals surface area contributed by atoms with E-state index in [0.29, 0.717) is 0 Å². The maximum atomic E-state index is 3.75. The van der Waals surface area contributed by atoms with Crippen molar-refractivity contribution in [3.8, 4) is 72.7 Å². The Bertz CT molecular complexity index is 8660. The van der Waals surface area contributed by atoms with Gasteiger partial charge in [-0.25, -0.2) is 0 Å². The summed E-state index contributed by atoms with van der Waals surface area (Å²) in [4.78, 5) is 2.52. The van der Waals surface area contributed by atoms with E-state index in [1.807, 2.05) is 0 Å². The molecule has 1 N–H and O–H groups in total. The fourth-order valence-electron chi connectivity index (χ4n) is 24.0. The van der Waals surface area contributed by atoms with Gasteiger partial charge in [-0.3, -0.25) is 0 Å². The number of nitrogens with one attached hydrogen (secondary N) is 1. The zero-order valence-corrected chi connectivity index (χ0v) is 73.3. The molecular formula is C129H85N5. The van der Waals surface area contributed by atoms with Crippen LogP contribution in [-0.2, 0) is 16.2 Å². The predicted molar refractivity (Wildman–Crippen MR) is 557 cm³/mol. The van der Waals surface area contributed by atoms with Gasteiger partial charge in [-0.1, -0.05) is 388 Å². The molecule has 0 saturated heterocycles. The molecule has 24 aromatic rings. The zero-order chi connectivity index (χ0) is 88.2. The number of nitrogens with zero attached hydrogens (tertiary/aromatic N) is 4. The van der Waals surface area contributed by atoms with Crippen molar-refractivity contribution in [2.75, 3.05) is 10.2 Å². The van der Waals surface area contributed by atoms with Crippen molar-refractivity contribution in [2.24, 2.45) is 0 Å². The molecule has 28 rings (SSSR count). The summed E-state index contributed by atoms with van der Waals surface area (Å²) in [7, 11) is 0. The molecule has 21 aromatic carbocycles. The predicted octanol–water partition coefficient (Wildman–Crippen LogP) is 32.6. The van der Waals surface area contributed by atoms with Crippen LogP contribution in [0.3, 0.4) is 0 Å². The number of hydrogen-bond acceptors (Lipinski definition) is 2. The molecule has 1 spiro atoms. The monoisotopic (exact) mass is 1700 g/mol. The van der Waals surface area contributed by atoms with E-state index in [0.717, 1.165) is 50.9 Å². The number of benzene rings is 21. The van der Waals surface area contributed by atoms with Crippen molar-refractivity contribution in [1.29, 1.82) is 0 Å². The summed E-state index contributed by atoms with van der Waals surface area (Å²) < 4.78 is 7.32. The van der Waals surface area contributed by atoms with Crippen molar-refractivity contribution in [1.82, 2.24) is 13.7 Å². The Balaban J connectivity index is 0.000000153. The van der Waals surface area contributed by atoms with Crippen molar-refractivity contribution in [3.05, 3.63) is 576 Å². The minimum atomic E-state index is -0.616. The maximum Gasteiger partial charge on any atom is 0.0755 e. The second kappa shape index (κ2) is 30.4. The molecule has 3 aliphatic carbocycles. The van der Waals surface area contributed by atoms with Crippen LogP contribution in [0.15, 0.2) is 510 Å². The van der Waals surface area contributed by atoms with Crippen molar-refractivity contribution in [2.45, 2.75) is 16.2 Å². The SMILES string of the molecule is c1ccc(C2(c3ccccc3)c3ccccc3-c3ccc(N(c4ccc(-c5cccc(-n6c7ccccc7c7ccccc76)c5)cc4)c4ccc5c(c4)C4(c6ccccc6-5)c5ccccc5-n5c6ccccc6c6cccc4c65)cc32)cc1.c1ccc(C2(c3ccccc3)c3ccccc3-c3ccc(Nc4ccc(-c5cccc(-n6c7ccccc7c7ccccc76)c5)cc4)cc32)cc1. The Hall–Kier alpha value is -17.4. The first kappa shape index (κ1) is 76.6. The van der Waals surface area contributed by atoms with Crippen LogP contribution in [0.2, 0.25) is 0 Å². The molecular weight excluding hydrogens is 1620 g/mol. The van der Waals surface area contributed by atoms with Crippen LogP contribution in [0.4, 0.5) is 28.4 Å². The van der Waals surface area contributed by atoms with Crippen LogP contribution in [-0.4, -0.2) is 13.7 Å². The zero-order valence-electron chi connectivity index (χ0n) is 73.3. The summed E-state index contributed by atoms with van der Waals surface area (Å²) in [6.07, 6.45) is 0. The molecule has 1 atom stereocenters. The molecule has 1 aliphatic heterocycles. The van der Waals surface area contributed by atoms with Crippen molar-refractivity contribution < 1.29 is 0 Å². The van der Waals surface area contributed by atoms with E-state index >= 15 is 0 Å². The minimum absolute atomic E-state index is 0.419. The lowest BCUT2D eigenvalue weighted by Crippen LogP contribution is -2.33. The molecule has 5 nitrogen and oxygen atoms in total.